The van der Waals surface area contributed by atoms with Crippen molar-refractivity contribution in [3.63, 3.8) is 0 Å². The largest absolute Gasteiger partial charge is 0.396 e. The Labute approximate surface area is 150 Å². The number of nitriles is 1. The van der Waals surface area contributed by atoms with Crippen LogP contribution >= 0.6 is 11.3 Å². The molecule has 0 bridgehead atoms. The number of carbonyl (C=O) groups excluding carboxylic acids is 1. The van der Waals surface area contributed by atoms with E-state index in [9.17, 15) is 10.1 Å². The Bertz CT molecular complexity index is 929. The molecule has 1 aromatic carbocycles. The van der Waals surface area contributed by atoms with E-state index in [0.717, 1.165) is 5.69 Å². The molecule has 124 valence electrons. The van der Waals surface area contributed by atoms with Gasteiger partial charge in [-0.1, -0.05) is 24.3 Å². The zero-order valence-electron chi connectivity index (χ0n) is 13.6. The molecule has 0 saturated heterocycles. The van der Waals surface area contributed by atoms with E-state index >= 15 is 0 Å². The highest BCUT2D eigenvalue weighted by atomic mass is 32.1. The van der Waals surface area contributed by atoms with Gasteiger partial charge in [0.15, 0.2) is 0 Å². The molecule has 25 heavy (non-hydrogen) atoms. The average molecular weight is 348 g/mol. The second-order valence-corrected chi connectivity index (χ2v) is 6.26. The molecule has 0 radical (unpaired) electrons. The lowest BCUT2D eigenvalue weighted by atomic mass is 10.1. The molecule has 0 unspecified atom stereocenters. The maximum atomic E-state index is 12.7. The molecule has 0 aliphatic carbocycles. The quantitative estimate of drug-likeness (QED) is 0.705. The summed E-state index contributed by atoms with van der Waals surface area (Å²) >= 11 is 1.23. The molecule has 0 aliphatic heterocycles. The van der Waals surface area contributed by atoms with Crippen LogP contribution in [0.2, 0.25) is 0 Å². The fourth-order valence-corrected chi connectivity index (χ4v) is 3.77. The van der Waals surface area contributed by atoms with Crippen LogP contribution in [0.25, 0.3) is 0 Å². The summed E-state index contributed by atoms with van der Waals surface area (Å²) in [6.45, 7) is 2.64. The number of aromatic nitrogens is 1. The lowest BCUT2D eigenvalue weighted by Gasteiger charge is -2.21. The first-order chi connectivity index (χ1) is 12.2. The minimum atomic E-state index is -0.269. The fourth-order valence-electron chi connectivity index (χ4n) is 2.56. The van der Waals surface area contributed by atoms with Crippen molar-refractivity contribution in [2.75, 3.05) is 17.2 Å². The number of pyridine rings is 1. The van der Waals surface area contributed by atoms with Crippen molar-refractivity contribution >= 4 is 33.5 Å². The predicted octanol–water partition coefficient (Wildman–Crippen LogP) is 3.99. The van der Waals surface area contributed by atoms with Crippen LogP contribution in [-0.2, 0) is 0 Å². The summed E-state index contributed by atoms with van der Waals surface area (Å²) in [6, 6.07) is 17.0. The highest BCUT2D eigenvalue weighted by Crippen LogP contribution is 2.41. The molecule has 3 aromatic rings. The first-order valence-corrected chi connectivity index (χ1v) is 8.59. The number of hydrogen-bond donors (Lipinski definition) is 1. The molecular formula is C19H16N4OS. The van der Waals surface area contributed by atoms with Crippen LogP contribution in [0.4, 0.5) is 16.4 Å². The van der Waals surface area contributed by atoms with Crippen molar-refractivity contribution in [1.29, 1.82) is 5.26 Å². The second kappa shape index (κ2) is 7.16. The van der Waals surface area contributed by atoms with Crippen LogP contribution < -0.4 is 10.6 Å². The van der Waals surface area contributed by atoms with E-state index < -0.39 is 0 Å². The van der Waals surface area contributed by atoms with Crippen LogP contribution in [0.3, 0.4) is 0 Å². The molecule has 2 heterocycles. The highest BCUT2D eigenvalue weighted by molar-refractivity contribution is 7.19. The summed E-state index contributed by atoms with van der Waals surface area (Å²) in [4.78, 5) is 19.2. The average Bonchev–Trinajstić information content (AvgIpc) is 2.99. The van der Waals surface area contributed by atoms with Crippen LogP contribution in [0, 0.1) is 11.3 Å². The summed E-state index contributed by atoms with van der Waals surface area (Å²) in [5.74, 6) is -0.269. The molecule has 3 rings (SSSR count). The Balaban J connectivity index is 2.10. The minimum absolute atomic E-state index is 0.215. The van der Waals surface area contributed by atoms with Gasteiger partial charge in [0, 0.05) is 18.4 Å². The number of thiophene rings is 1. The number of ketones is 1. The fraction of sp³-hybridized carbons (Fsp3) is 0.105. The van der Waals surface area contributed by atoms with E-state index in [2.05, 4.69) is 11.1 Å². The molecule has 0 fully saturated rings. The number of nitrogens with two attached hydrogens (primary N) is 1. The van der Waals surface area contributed by atoms with Gasteiger partial charge in [-0.2, -0.15) is 5.26 Å². The summed E-state index contributed by atoms with van der Waals surface area (Å²) < 4.78 is 0. The van der Waals surface area contributed by atoms with E-state index in [1.165, 1.54) is 11.3 Å². The number of nitrogen functional groups attached to an aromatic ring is 1. The maximum absolute atomic E-state index is 12.7. The van der Waals surface area contributed by atoms with Crippen LogP contribution in [0.1, 0.15) is 27.9 Å². The normalized spacial score (nSPS) is 10.2. The number of para-hydroxylation sites is 1. The van der Waals surface area contributed by atoms with Crippen molar-refractivity contribution in [2.24, 2.45) is 0 Å². The first-order valence-electron chi connectivity index (χ1n) is 7.78. The molecule has 5 nitrogen and oxygen atoms in total. The van der Waals surface area contributed by atoms with E-state index in [-0.39, 0.29) is 11.5 Å². The Morgan fingerprint density at radius 2 is 1.96 bits per heavy atom. The third-order valence-electron chi connectivity index (χ3n) is 3.77. The molecule has 0 aliphatic rings. The second-order valence-electron chi connectivity index (χ2n) is 5.26. The molecule has 2 N–H and O–H groups in total. The molecule has 0 saturated carbocycles. The lowest BCUT2D eigenvalue weighted by molar-refractivity contribution is 0.103. The van der Waals surface area contributed by atoms with Crippen molar-refractivity contribution in [3.8, 4) is 6.07 Å². The maximum Gasteiger partial charge on any atom is 0.223 e. The molecule has 0 amide bonds. The Morgan fingerprint density at radius 3 is 2.56 bits per heavy atom. The number of carbonyl (C=O) groups is 1. The van der Waals surface area contributed by atoms with Gasteiger partial charge in [0.25, 0.3) is 0 Å². The summed E-state index contributed by atoms with van der Waals surface area (Å²) in [6.07, 6.45) is 1.56. The molecule has 2 aromatic heterocycles. The van der Waals surface area contributed by atoms with E-state index in [0.29, 0.717) is 27.7 Å². The van der Waals surface area contributed by atoms with Crippen LogP contribution in [-0.4, -0.2) is 17.3 Å². The van der Waals surface area contributed by atoms with E-state index in [1.807, 2.05) is 42.2 Å². The highest BCUT2D eigenvalue weighted by Gasteiger charge is 2.25. The van der Waals surface area contributed by atoms with Gasteiger partial charge in [-0.15, -0.1) is 11.3 Å². The monoisotopic (exact) mass is 348 g/mol. The van der Waals surface area contributed by atoms with Gasteiger partial charge in [-0.05, 0) is 31.2 Å². The predicted molar refractivity (Wildman–Crippen MR) is 100 cm³/mol. The summed E-state index contributed by atoms with van der Waals surface area (Å²) in [7, 11) is 0. The standard InChI is InChI=1S/C19H16N4OS/c1-2-23(13-8-4-3-5-9-13)19-14(12-20)16(21)18(25-19)17(24)15-10-6-7-11-22-15/h3-11H,2,21H2,1H3. The smallest absolute Gasteiger partial charge is 0.223 e. The van der Waals surface area contributed by atoms with Gasteiger partial charge < -0.3 is 10.6 Å². The van der Waals surface area contributed by atoms with Gasteiger partial charge >= 0.3 is 0 Å². The Morgan fingerprint density at radius 1 is 1.24 bits per heavy atom. The summed E-state index contributed by atoms with van der Waals surface area (Å²) in [5, 5.41) is 10.3. The summed E-state index contributed by atoms with van der Waals surface area (Å²) in [5.41, 5.74) is 7.94. The topological polar surface area (TPSA) is 83.0 Å². The number of benzene rings is 1. The Kier molecular flexibility index (Phi) is 4.78. The van der Waals surface area contributed by atoms with Crippen LogP contribution in [0.15, 0.2) is 54.7 Å². The van der Waals surface area contributed by atoms with E-state index in [4.69, 9.17) is 5.73 Å². The molecule has 0 atom stereocenters. The first kappa shape index (κ1) is 16.7. The third kappa shape index (κ3) is 3.10. The van der Waals surface area contributed by atoms with Crippen molar-refractivity contribution in [1.82, 2.24) is 4.98 Å². The van der Waals surface area contributed by atoms with Crippen molar-refractivity contribution in [2.45, 2.75) is 6.92 Å². The third-order valence-corrected chi connectivity index (χ3v) is 5.00. The SMILES string of the molecule is CCN(c1ccccc1)c1sc(C(=O)c2ccccn2)c(N)c1C#N. The number of nitrogens with zero attached hydrogens (tertiary/aromatic N) is 3. The van der Waals surface area contributed by atoms with Crippen molar-refractivity contribution < 1.29 is 4.79 Å². The zero-order valence-corrected chi connectivity index (χ0v) is 14.5. The van der Waals surface area contributed by atoms with Crippen LogP contribution in [0.5, 0.6) is 0 Å². The van der Waals surface area contributed by atoms with Crippen molar-refractivity contribution in [3.05, 3.63) is 70.9 Å². The minimum Gasteiger partial charge on any atom is -0.396 e. The molecule has 0 spiro atoms. The van der Waals surface area contributed by atoms with E-state index in [1.54, 1.807) is 24.4 Å². The Hall–Kier alpha value is -3.17. The van der Waals surface area contributed by atoms with Gasteiger partial charge in [0.05, 0.1) is 5.69 Å². The van der Waals surface area contributed by atoms with Gasteiger partial charge in [0.1, 0.15) is 27.2 Å². The van der Waals surface area contributed by atoms with Gasteiger partial charge in [0.2, 0.25) is 5.78 Å². The molecule has 6 heteroatoms. The number of rotatable bonds is 5. The zero-order chi connectivity index (χ0) is 17.8. The molecular weight excluding hydrogens is 332 g/mol. The number of hydrogen-bond acceptors (Lipinski definition) is 6. The lowest BCUT2D eigenvalue weighted by Crippen LogP contribution is -2.15. The van der Waals surface area contributed by atoms with Gasteiger partial charge in [-0.25, -0.2) is 0 Å². The number of anilines is 3. The van der Waals surface area contributed by atoms with Gasteiger partial charge in [-0.3, -0.25) is 9.78 Å².